The van der Waals surface area contributed by atoms with E-state index in [1.54, 1.807) is 19.0 Å². The van der Waals surface area contributed by atoms with Crippen molar-refractivity contribution < 1.29 is 4.79 Å². The number of rotatable bonds is 7. The maximum atomic E-state index is 11.8. The van der Waals surface area contributed by atoms with Crippen molar-refractivity contribution >= 4 is 47.6 Å². The Morgan fingerprint density at radius 1 is 1.35 bits per heavy atom. The van der Waals surface area contributed by atoms with Gasteiger partial charge >= 0.3 is 0 Å². The number of carbonyl (C=O) groups excluding carboxylic acids is 1. The van der Waals surface area contributed by atoms with Gasteiger partial charge in [0.2, 0.25) is 5.91 Å². The van der Waals surface area contributed by atoms with Crippen LogP contribution in [0.15, 0.2) is 40.2 Å². The van der Waals surface area contributed by atoms with Crippen molar-refractivity contribution in [3.8, 4) is 0 Å². The van der Waals surface area contributed by atoms with Gasteiger partial charge in [0.15, 0.2) is 5.96 Å². The SMILES string of the molecule is CCCNC(=NCC(=O)N(C)C)N1CCC(CSc2ccccc2)C1.I. The topological polar surface area (TPSA) is 47.9 Å². The second kappa shape index (κ2) is 12.4. The summed E-state index contributed by atoms with van der Waals surface area (Å²) in [7, 11) is 3.54. The molecular formula is C19H31IN4OS. The van der Waals surface area contributed by atoms with Crippen molar-refractivity contribution in [2.75, 3.05) is 46.0 Å². The van der Waals surface area contributed by atoms with Crippen LogP contribution in [0.3, 0.4) is 0 Å². The molecule has 1 amide bonds. The lowest BCUT2D eigenvalue weighted by Gasteiger charge is -2.22. The molecule has 1 aliphatic heterocycles. The molecule has 1 N–H and O–H groups in total. The van der Waals surface area contributed by atoms with Gasteiger partial charge in [-0.05, 0) is 30.9 Å². The number of aliphatic imine (C=N–C) groups is 1. The minimum absolute atomic E-state index is 0. The van der Waals surface area contributed by atoms with Gasteiger partial charge in [0, 0.05) is 44.4 Å². The van der Waals surface area contributed by atoms with Crippen LogP contribution in [-0.4, -0.2) is 67.7 Å². The summed E-state index contributed by atoms with van der Waals surface area (Å²) in [6, 6.07) is 10.6. The average Bonchev–Trinajstić information content (AvgIpc) is 3.09. The minimum atomic E-state index is 0. The molecule has 1 atom stereocenters. The molecule has 1 aliphatic rings. The van der Waals surface area contributed by atoms with Crippen LogP contribution in [0.2, 0.25) is 0 Å². The van der Waals surface area contributed by atoms with Crippen molar-refractivity contribution in [1.82, 2.24) is 15.1 Å². The first-order chi connectivity index (χ1) is 12.1. The maximum absolute atomic E-state index is 11.8. The molecule has 0 bridgehead atoms. The normalized spacial score (nSPS) is 17.0. The van der Waals surface area contributed by atoms with Gasteiger partial charge in [-0.1, -0.05) is 25.1 Å². The molecule has 0 aliphatic carbocycles. The number of thioether (sulfide) groups is 1. The molecule has 1 fully saturated rings. The first-order valence-corrected chi connectivity index (χ1v) is 10.00. The second-order valence-corrected chi connectivity index (χ2v) is 7.67. The first kappa shape index (κ1) is 23.1. The van der Waals surface area contributed by atoms with E-state index in [2.05, 4.69) is 52.5 Å². The van der Waals surface area contributed by atoms with E-state index in [1.165, 1.54) is 11.3 Å². The lowest BCUT2D eigenvalue weighted by Crippen LogP contribution is -2.41. The molecule has 1 aromatic rings. The molecular weight excluding hydrogens is 459 g/mol. The quantitative estimate of drug-likeness (QED) is 0.276. The zero-order valence-electron chi connectivity index (χ0n) is 16.0. The van der Waals surface area contributed by atoms with Crippen LogP contribution in [-0.2, 0) is 4.79 Å². The van der Waals surface area contributed by atoms with Crippen LogP contribution in [0.1, 0.15) is 19.8 Å². The van der Waals surface area contributed by atoms with E-state index in [0.29, 0.717) is 5.92 Å². The molecule has 0 spiro atoms. The summed E-state index contributed by atoms with van der Waals surface area (Å²) in [4.78, 5) is 21.6. The minimum Gasteiger partial charge on any atom is -0.356 e. The molecule has 1 aromatic carbocycles. The highest BCUT2D eigenvalue weighted by molar-refractivity contribution is 14.0. The number of likely N-dealkylation sites (N-methyl/N-ethyl adjacent to an activating group) is 1. The fourth-order valence-electron chi connectivity index (χ4n) is 2.68. The van der Waals surface area contributed by atoms with Gasteiger partial charge in [0.1, 0.15) is 6.54 Å². The maximum Gasteiger partial charge on any atom is 0.243 e. The second-order valence-electron chi connectivity index (χ2n) is 6.58. The highest BCUT2D eigenvalue weighted by Crippen LogP contribution is 2.25. The third kappa shape index (κ3) is 7.73. The van der Waals surface area contributed by atoms with Gasteiger partial charge < -0.3 is 15.1 Å². The number of nitrogens with zero attached hydrogens (tertiary/aromatic N) is 3. The predicted octanol–water partition coefficient (Wildman–Crippen LogP) is 3.16. The number of hydrogen-bond acceptors (Lipinski definition) is 3. The smallest absolute Gasteiger partial charge is 0.243 e. The molecule has 0 aromatic heterocycles. The Labute approximate surface area is 179 Å². The van der Waals surface area contributed by atoms with Crippen LogP contribution in [0.4, 0.5) is 0 Å². The number of carbonyl (C=O) groups is 1. The Balaban J connectivity index is 0.00000338. The van der Waals surface area contributed by atoms with E-state index in [0.717, 1.165) is 37.8 Å². The Hall–Kier alpha value is -0.960. The summed E-state index contributed by atoms with van der Waals surface area (Å²) in [5, 5.41) is 3.40. The van der Waals surface area contributed by atoms with Gasteiger partial charge in [-0.15, -0.1) is 35.7 Å². The summed E-state index contributed by atoms with van der Waals surface area (Å²) in [5.74, 6) is 2.69. The van der Waals surface area contributed by atoms with E-state index in [9.17, 15) is 4.79 Å². The molecule has 7 heteroatoms. The largest absolute Gasteiger partial charge is 0.356 e. The van der Waals surface area contributed by atoms with Crippen molar-refractivity contribution in [3.05, 3.63) is 30.3 Å². The van der Waals surface area contributed by atoms with Crippen LogP contribution in [0.5, 0.6) is 0 Å². The van der Waals surface area contributed by atoms with E-state index < -0.39 is 0 Å². The van der Waals surface area contributed by atoms with Gasteiger partial charge in [0.25, 0.3) is 0 Å². The summed E-state index contributed by atoms with van der Waals surface area (Å²) in [6.07, 6.45) is 2.22. The van der Waals surface area contributed by atoms with Gasteiger partial charge in [-0.3, -0.25) is 4.79 Å². The third-order valence-corrected chi connectivity index (χ3v) is 5.45. The van der Waals surface area contributed by atoms with E-state index >= 15 is 0 Å². The number of nitrogens with one attached hydrogen (secondary N) is 1. The summed E-state index contributed by atoms with van der Waals surface area (Å²) in [6.45, 7) is 5.24. The fourth-order valence-corrected chi connectivity index (χ4v) is 3.73. The third-order valence-electron chi connectivity index (χ3n) is 4.21. The molecule has 2 rings (SSSR count). The molecule has 0 radical (unpaired) electrons. The average molecular weight is 490 g/mol. The number of guanidine groups is 1. The van der Waals surface area contributed by atoms with Crippen LogP contribution in [0, 0.1) is 5.92 Å². The van der Waals surface area contributed by atoms with Gasteiger partial charge in [-0.2, -0.15) is 0 Å². The lowest BCUT2D eigenvalue weighted by molar-refractivity contribution is -0.127. The zero-order chi connectivity index (χ0) is 18.1. The number of halogens is 1. The lowest BCUT2D eigenvalue weighted by atomic mass is 10.2. The summed E-state index contributed by atoms with van der Waals surface area (Å²) < 4.78 is 0. The molecule has 26 heavy (non-hydrogen) atoms. The van der Waals surface area contributed by atoms with E-state index in [1.807, 2.05) is 11.8 Å². The zero-order valence-corrected chi connectivity index (χ0v) is 19.1. The first-order valence-electron chi connectivity index (χ1n) is 9.01. The monoisotopic (exact) mass is 490 g/mol. The fraction of sp³-hybridized carbons (Fsp3) is 0.579. The van der Waals surface area contributed by atoms with Crippen LogP contribution >= 0.6 is 35.7 Å². The highest BCUT2D eigenvalue weighted by Gasteiger charge is 2.25. The van der Waals surface area contributed by atoms with Crippen molar-refractivity contribution in [2.24, 2.45) is 10.9 Å². The van der Waals surface area contributed by atoms with Crippen LogP contribution in [0.25, 0.3) is 0 Å². The summed E-state index contributed by atoms with van der Waals surface area (Å²) >= 11 is 1.92. The standard InChI is InChI=1S/C19H30N4OS.HI/c1-4-11-20-19(21-13-18(24)22(2)3)23-12-10-16(14-23)15-25-17-8-6-5-7-9-17;/h5-9,16H,4,10-15H2,1-3H3,(H,20,21);1H. The van der Waals surface area contributed by atoms with Crippen molar-refractivity contribution in [3.63, 3.8) is 0 Å². The number of likely N-dealkylation sites (tertiary alicyclic amines) is 1. The summed E-state index contributed by atoms with van der Waals surface area (Å²) in [5.41, 5.74) is 0. The molecule has 1 saturated heterocycles. The van der Waals surface area contributed by atoms with E-state index in [-0.39, 0.29) is 36.4 Å². The van der Waals surface area contributed by atoms with Gasteiger partial charge in [0.05, 0.1) is 0 Å². The molecule has 1 unspecified atom stereocenters. The predicted molar refractivity (Wildman–Crippen MR) is 122 cm³/mol. The number of benzene rings is 1. The molecule has 0 saturated carbocycles. The molecule has 5 nitrogen and oxygen atoms in total. The van der Waals surface area contributed by atoms with Crippen molar-refractivity contribution in [1.29, 1.82) is 0 Å². The number of hydrogen-bond donors (Lipinski definition) is 1. The van der Waals surface area contributed by atoms with Crippen LogP contribution < -0.4 is 5.32 Å². The van der Waals surface area contributed by atoms with Crippen molar-refractivity contribution in [2.45, 2.75) is 24.7 Å². The molecule has 146 valence electrons. The Morgan fingerprint density at radius 2 is 2.08 bits per heavy atom. The van der Waals surface area contributed by atoms with E-state index in [4.69, 9.17) is 0 Å². The number of amides is 1. The Kier molecular flexibility index (Phi) is 11.0. The highest BCUT2D eigenvalue weighted by atomic mass is 127. The Bertz CT molecular complexity index is 568. The van der Waals surface area contributed by atoms with Gasteiger partial charge in [-0.25, -0.2) is 4.99 Å². The molecule has 1 heterocycles. The Morgan fingerprint density at radius 3 is 2.73 bits per heavy atom.